The first-order valence-electron chi connectivity index (χ1n) is 9.14. The number of methoxy groups -OCH3 is 2. The zero-order chi connectivity index (χ0) is 21.5. The van der Waals surface area contributed by atoms with E-state index in [9.17, 15) is 4.79 Å². The molecule has 0 unspecified atom stereocenters. The van der Waals surface area contributed by atoms with Crippen LogP contribution < -0.4 is 19.5 Å². The first kappa shape index (κ1) is 21.9. The zero-order valence-electron chi connectivity index (χ0n) is 16.8. The van der Waals surface area contributed by atoms with Crippen molar-refractivity contribution in [3.63, 3.8) is 0 Å². The first-order valence-corrected chi connectivity index (χ1v) is 10.8. The summed E-state index contributed by atoms with van der Waals surface area (Å²) >= 11 is 4.80. The van der Waals surface area contributed by atoms with Crippen molar-refractivity contribution in [3.8, 4) is 28.5 Å². The van der Waals surface area contributed by atoms with Crippen LogP contribution in [0.15, 0.2) is 52.3 Å². The maximum atomic E-state index is 12.3. The lowest BCUT2D eigenvalue weighted by Crippen LogP contribution is -2.07. The van der Waals surface area contributed by atoms with Gasteiger partial charge < -0.3 is 14.2 Å². The van der Waals surface area contributed by atoms with E-state index in [-0.39, 0.29) is 5.91 Å². The molecule has 3 aromatic rings. The maximum Gasteiger partial charge on any atom is 0.250 e. The van der Waals surface area contributed by atoms with E-state index in [4.69, 9.17) is 14.2 Å². The molecule has 0 aliphatic carbocycles. The molecule has 3 rings (SSSR count). The topological polar surface area (TPSA) is 69.7 Å². The number of nitrogens with zero attached hydrogens (tertiary/aromatic N) is 1. The van der Waals surface area contributed by atoms with Crippen LogP contribution in [-0.2, 0) is 4.79 Å². The highest BCUT2D eigenvalue weighted by Gasteiger charge is 2.12. The SMILES string of the molecule is CCOc1ccccc1-c1csc(NC(=O)/C=C/c2cc(Br)c(OC)c(OC)c2)n1. The molecule has 1 aromatic heterocycles. The van der Waals surface area contributed by atoms with Crippen molar-refractivity contribution in [2.24, 2.45) is 0 Å². The molecule has 8 heteroatoms. The Morgan fingerprint density at radius 1 is 1.20 bits per heavy atom. The third-order valence-electron chi connectivity index (χ3n) is 4.08. The average Bonchev–Trinajstić information content (AvgIpc) is 3.20. The summed E-state index contributed by atoms with van der Waals surface area (Å²) in [5.41, 5.74) is 2.44. The molecule has 0 fully saturated rings. The molecule has 0 radical (unpaired) electrons. The number of thiazole rings is 1. The van der Waals surface area contributed by atoms with Crippen LogP contribution in [0.4, 0.5) is 5.13 Å². The molecule has 0 aliphatic heterocycles. The number of hydrogen-bond acceptors (Lipinski definition) is 6. The number of hydrogen-bond donors (Lipinski definition) is 1. The summed E-state index contributed by atoms with van der Waals surface area (Å²) in [6, 6.07) is 11.3. The van der Waals surface area contributed by atoms with Crippen LogP contribution in [0, 0.1) is 0 Å². The van der Waals surface area contributed by atoms with Gasteiger partial charge in [-0.15, -0.1) is 11.3 Å². The van der Waals surface area contributed by atoms with Crippen molar-refractivity contribution in [2.45, 2.75) is 6.92 Å². The van der Waals surface area contributed by atoms with E-state index in [0.29, 0.717) is 23.2 Å². The van der Waals surface area contributed by atoms with Crippen molar-refractivity contribution >= 4 is 44.4 Å². The molecule has 0 saturated heterocycles. The number of anilines is 1. The number of nitrogens with one attached hydrogen (secondary N) is 1. The highest BCUT2D eigenvalue weighted by Crippen LogP contribution is 2.36. The molecule has 0 aliphatic rings. The second-order valence-electron chi connectivity index (χ2n) is 6.03. The molecule has 0 saturated carbocycles. The fraction of sp³-hybridized carbons (Fsp3) is 0.182. The molecule has 0 bridgehead atoms. The average molecular weight is 489 g/mol. The van der Waals surface area contributed by atoms with Crippen molar-refractivity contribution in [1.82, 2.24) is 4.98 Å². The number of carbonyl (C=O) groups is 1. The molecule has 0 atom stereocenters. The van der Waals surface area contributed by atoms with Gasteiger partial charge in [-0.1, -0.05) is 12.1 Å². The fourth-order valence-corrected chi connectivity index (χ4v) is 4.10. The number of amides is 1. The molecule has 2 aromatic carbocycles. The molecule has 6 nitrogen and oxygen atoms in total. The van der Waals surface area contributed by atoms with Crippen molar-refractivity contribution < 1.29 is 19.0 Å². The maximum absolute atomic E-state index is 12.3. The fourth-order valence-electron chi connectivity index (χ4n) is 2.77. The van der Waals surface area contributed by atoms with E-state index in [2.05, 4.69) is 26.2 Å². The normalized spacial score (nSPS) is 10.8. The highest BCUT2D eigenvalue weighted by atomic mass is 79.9. The summed E-state index contributed by atoms with van der Waals surface area (Å²) in [5.74, 6) is 1.66. The number of para-hydroxylation sites is 1. The molecule has 156 valence electrons. The van der Waals surface area contributed by atoms with E-state index >= 15 is 0 Å². The quantitative estimate of drug-likeness (QED) is 0.415. The van der Waals surface area contributed by atoms with Gasteiger partial charge in [0.05, 0.1) is 31.0 Å². The van der Waals surface area contributed by atoms with E-state index in [1.807, 2.05) is 42.6 Å². The third kappa shape index (κ3) is 5.20. The number of ether oxygens (including phenoxy) is 3. The van der Waals surface area contributed by atoms with Gasteiger partial charge in [-0.2, -0.15) is 0 Å². The Hall–Kier alpha value is -2.84. The van der Waals surface area contributed by atoms with Crippen LogP contribution in [0.3, 0.4) is 0 Å². The lowest BCUT2D eigenvalue weighted by Gasteiger charge is -2.10. The van der Waals surface area contributed by atoms with E-state index in [0.717, 1.165) is 27.0 Å². The van der Waals surface area contributed by atoms with Crippen LogP contribution >= 0.6 is 27.3 Å². The number of aromatic nitrogens is 1. The second-order valence-corrected chi connectivity index (χ2v) is 7.74. The monoisotopic (exact) mass is 488 g/mol. The van der Waals surface area contributed by atoms with Crippen molar-refractivity contribution in [2.75, 3.05) is 26.1 Å². The summed E-state index contributed by atoms with van der Waals surface area (Å²) < 4.78 is 17.0. The standard InChI is InChI=1S/C22H21BrN2O4S/c1-4-29-18-8-6-5-7-15(18)17-13-30-22(24-17)25-20(26)10-9-14-11-16(23)21(28-3)19(12-14)27-2/h5-13H,4H2,1-3H3,(H,24,25,26)/b10-9+. The Morgan fingerprint density at radius 3 is 2.73 bits per heavy atom. The van der Waals surface area contributed by atoms with Gasteiger partial charge in [0.25, 0.3) is 0 Å². The second kappa shape index (κ2) is 10.3. The lowest BCUT2D eigenvalue weighted by atomic mass is 10.1. The Labute approximate surface area is 187 Å². The van der Waals surface area contributed by atoms with Gasteiger partial charge in [0.1, 0.15) is 5.75 Å². The highest BCUT2D eigenvalue weighted by molar-refractivity contribution is 9.10. The lowest BCUT2D eigenvalue weighted by molar-refractivity contribution is -0.111. The van der Waals surface area contributed by atoms with Crippen LogP contribution in [0.1, 0.15) is 12.5 Å². The number of rotatable bonds is 8. The minimum absolute atomic E-state index is 0.278. The van der Waals surface area contributed by atoms with Crippen LogP contribution in [0.25, 0.3) is 17.3 Å². The minimum atomic E-state index is -0.278. The summed E-state index contributed by atoms with van der Waals surface area (Å²) in [4.78, 5) is 16.9. The number of benzene rings is 2. The van der Waals surface area contributed by atoms with Crippen LogP contribution in [0.2, 0.25) is 0 Å². The predicted molar refractivity (Wildman–Crippen MR) is 124 cm³/mol. The molecular weight excluding hydrogens is 468 g/mol. The van der Waals surface area contributed by atoms with Gasteiger partial charge >= 0.3 is 0 Å². The third-order valence-corrected chi connectivity index (χ3v) is 5.43. The zero-order valence-corrected chi connectivity index (χ0v) is 19.2. The van der Waals surface area contributed by atoms with E-state index < -0.39 is 0 Å². The van der Waals surface area contributed by atoms with Crippen molar-refractivity contribution in [1.29, 1.82) is 0 Å². The van der Waals surface area contributed by atoms with Crippen LogP contribution in [0.5, 0.6) is 17.2 Å². The molecule has 1 amide bonds. The Morgan fingerprint density at radius 2 is 2.00 bits per heavy atom. The molecular formula is C22H21BrN2O4S. The summed E-state index contributed by atoms with van der Waals surface area (Å²) in [6.45, 7) is 2.51. The first-order chi connectivity index (χ1) is 14.5. The Kier molecular flexibility index (Phi) is 7.48. The smallest absolute Gasteiger partial charge is 0.250 e. The molecule has 1 N–H and O–H groups in total. The summed E-state index contributed by atoms with van der Waals surface area (Å²) in [5, 5.41) is 5.20. The van der Waals surface area contributed by atoms with Gasteiger partial charge in [-0.05, 0) is 58.8 Å². The van der Waals surface area contributed by atoms with Gasteiger partial charge in [0.15, 0.2) is 16.6 Å². The Bertz CT molecular complexity index is 1070. The number of carbonyl (C=O) groups excluding carboxylic acids is 1. The molecule has 30 heavy (non-hydrogen) atoms. The van der Waals surface area contributed by atoms with Gasteiger partial charge in [-0.25, -0.2) is 4.98 Å². The largest absolute Gasteiger partial charge is 0.493 e. The van der Waals surface area contributed by atoms with Gasteiger partial charge in [0.2, 0.25) is 5.91 Å². The van der Waals surface area contributed by atoms with Gasteiger partial charge in [-0.3, -0.25) is 10.1 Å². The predicted octanol–water partition coefficient (Wildman–Crippen LogP) is 5.64. The van der Waals surface area contributed by atoms with E-state index in [1.54, 1.807) is 26.4 Å². The number of halogens is 1. The molecule has 0 spiro atoms. The van der Waals surface area contributed by atoms with Crippen LogP contribution in [-0.4, -0.2) is 31.7 Å². The van der Waals surface area contributed by atoms with E-state index in [1.165, 1.54) is 17.4 Å². The Balaban J connectivity index is 1.72. The van der Waals surface area contributed by atoms with Crippen molar-refractivity contribution in [3.05, 3.63) is 57.9 Å². The summed E-state index contributed by atoms with van der Waals surface area (Å²) in [7, 11) is 3.13. The minimum Gasteiger partial charge on any atom is -0.493 e. The van der Waals surface area contributed by atoms with Gasteiger partial charge in [0, 0.05) is 17.0 Å². The summed E-state index contributed by atoms with van der Waals surface area (Å²) in [6.07, 6.45) is 3.14. The molecule has 1 heterocycles.